The summed E-state index contributed by atoms with van der Waals surface area (Å²) in [6.07, 6.45) is -0.431. The van der Waals surface area contributed by atoms with Crippen molar-refractivity contribution in [3.8, 4) is 0 Å². The van der Waals surface area contributed by atoms with Crippen molar-refractivity contribution in [2.45, 2.75) is 45.4 Å². The van der Waals surface area contributed by atoms with Crippen molar-refractivity contribution in [3.05, 3.63) is 34.9 Å². The number of carbonyl (C=O) groups excluding carboxylic acids is 1. The summed E-state index contributed by atoms with van der Waals surface area (Å²) >= 11 is 6.05. The molecule has 1 amide bonds. The van der Waals surface area contributed by atoms with E-state index in [1.807, 2.05) is 52.1 Å². The molecular formula is C17H28ClN3O2. The van der Waals surface area contributed by atoms with Crippen molar-refractivity contribution >= 4 is 17.7 Å². The molecule has 1 aromatic rings. The minimum atomic E-state index is -0.512. The smallest absolute Gasteiger partial charge is 0.407 e. The quantitative estimate of drug-likeness (QED) is 0.833. The van der Waals surface area contributed by atoms with Crippen LogP contribution >= 0.6 is 11.6 Å². The molecule has 0 fully saturated rings. The Morgan fingerprint density at radius 3 is 2.61 bits per heavy atom. The number of ether oxygens (including phenoxy) is 1. The predicted molar refractivity (Wildman–Crippen MR) is 94.7 cm³/mol. The van der Waals surface area contributed by atoms with Crippen LogP contribution in [-0.4, -0.2) is 42.8 Å². The van der Waals surface area contributed by atoms with E-state index in [0.29, 0.717) is 18.1 Å². The average molecular weight is 342 g/mol. The van der Waals surface area contributed by atoms with Crippen molar-refractivity contribution < 1.29 is 9.53 Å². The molecule has 0 saturated carbocycles. The van der Waals surface area contributed by atoms with Crippen LogP contribution in [0.15, 0.2) is 24.3 Å². The lowest BCUT2D eigenvalue weighted by Gasteiger charge is -2.33. The van der Waals surface area contributed by atoms with Crippen LogP contribution in [0.3, 0.4) is 0 Å². The van der Waals surface area contributed by atoms with E-state index in [1.165, 1.54) is 0 Å². The van der Waals surface area contributed by atoms with Crippen LogP contribution in [0.5, 0.6) is 0 Å². The Morgan fingerprint density at radius 2 is 2.09 bits per heavy atom. The standard InChI is InChI=1S/C17H28ClN3O2/c1-12(13-7-6-8-14(18)9-13)21(5)15(10-19)11-20-16(22)23-17(2,3)4/h6-9,12,15H,10-11,19H2,1-5H3,(H,20,22). The summed E-state index contributed by atoms with van der Waals surface area (Å²) in [4.78, 5) is 13.9. The molecule has 2 atom stereocenters. The van der Waals surface area contributed by atoms with E-state index in [4.69, 9.17) is 22.1 Å². The summed E-state index contributed by atoms with van der Waals surface area (Å²) in [6.45, 7) is 8.44. The first-order valence-electron chi connectivity index (χ1n) is 7.78. The van der Waals surface area contributed by atoms with E-state index in [1.54, 1.807) is 0 Å². The van der Waals surface area contributed by atoms with E-state index in [9.17, 15) is 4.79 Å². The van der Waals surface area contributed by atoms with E-state index < -0.39 is 11.7 Å². The molecule has 6 heteroatoms. The topological polar surface area (TPSA) is 67.6 Å². The van der Waals surface area contributed by atoms with Gasteiger partial charge in [0.05, 0.1) is 0 Å². The zero-order valence-corrected chi connectivity index (χ0v) is 15.4. The molecule has 23 heavy (non-hydrogen) atoms. The summed E-state index contributed by atoms with van der Waals surface area (Å²) in [5, 5.41) is 3.49. The third kappa shape index (κ3) is 6.77. The van der Waals surface area contributed by atoms with Gasteiger partial charge in [-0.2, -0.15) is 0 Å². The Hall–Kier alpha value is -1.30. The van der Waals surface area contributed by atoms with Crippen LogP contribution in [0.1, 0.15) is 39.3 Å². The fourth-order valence-electron chi connectivity index (χ4n) is 2.23. The zero-order valence-electron chi connectivity index (χ0n) is 14.6. The maximum atomic E-state index is 11.8. The number of alkyl carbamates (subject to hydrolysis) is 1. The molecule has 0 bridgehead atoms. The number of rotatable bonds is 6. The Balaban J connectivity index is 2.64. The Kier molecular flexibility index (Phi) is 7.32. The van der Waals surface area contributed by atoms with Gasteiger partial charge < -0.3 is 15.8 Å². The van der Waals surface area contributed by atoms with Gasteiger partial charge in [0.1, 0.15) is 5.60 Å². The molecule has 0 radical (unpaired) electrons. The van der Waals surface area contributed by atoms with Crippen LogP contribution in [0.2, 0.25) is 5.02 Å². The van der Waals surface area contributed by atoms with Gasteiger partial charge in [0.15, 0.2) is 0 Å². The summed E-state index contributed by atoms with van der Waals surface area (Å²) in [5.41, 5.74) is 6.47. The fourth-order valence-corrected chi connectivity index (χ4v) is 2.43. The molecule has 0 aliphatic heterocycles. The number of nitrogens with two attached hydrogens (primary N) is 1. The van der Waals surface area contributed by atoms with Crippen molar-refractivity contribution in [1.29, 1.82) is 0 Å². The van der Waals surface area contributed by atoms with Gasteiger partial charge in [0.2, 0.25) is 0 Å². The zero-order chi connectivity index (χ0) is 17.6. The normalized spacial score (nSPS) is 14.4. The first kappa shape index (κ1) is 19.7. The van der Waals surface area contributed by atoms with Gasteiger partial charge in [0.25, 0.3) is 0 Å². The molecular weight excluding hydrogens is 314 g/mol. The number of carbonyl (C=O) groups is 1. The second-order valence-corrected chi connectivity index (χ2v) is 7.11. The lowest BCUT2D eigenvalue weighted by molar-refractivity contribution is 0.0506. The molecule has 0 saturated heterocycles. The highest BCUT2D eigenvalue weighted by atomic mass is 35.5. The highest BCUT2D eigenvalue weighted by Gasteiger charge is 2.22. The van der Waals surface area contributed by atoms with Gasteiger partial charge in [-0.15, -0.1) is 0 Å². The summed E-state index contributed by atoms with van der Waals surface area (Å²) in [7, 11) is 1.99. The SMILES string of the molecule is CC(c1cccc(Cl)c1)N(C)C(CN)CNC(=O)OC(C)(C)C. The van der Waals surface area contributed by atoms with E-state index in [-0.39, 0.29) is 12.1 Å². The van der Waals surface area contributed by atoms with Gasteiger partial charge in [-0.05, 0) is 52.4 Å². The number of hydrogen-bond acceptors (Lipinski definition) is 4. The van der Waals surface area contributed by atoms with Gasteiger partial charge in [-0.3, -0.25) is 4.90 Å². The molecule has 0 spiro atoms. The number of likely N-dealkylation sites (N-methyl/N-ethyl adjacent to an activating group) is 1. The Labute approximate surface area is 144 Å². The van der Waals surface area contributed by atoms with Crippen molar-refractivity contribution in [1.82, 2.24) is 10.2 Å². The average Bonchev–Trinajstić information content (AvgIpc) is 2.45. The second-order valence-electron chi connectivity index (χ2n) is 6.67. The molecule has 2 unspecified atom stereocenters. The molecule has 0 heterocycles. The monoisotopic (exact) mass is 341 g/mol. The van der Waals surface area contributed by atoms with Crippen LogP contribution in [0.4, 0.5) is 4.79 Å². The van der Waals surface area contributed by atoms with Crippen LogP contribution in [-0.2, 0) is 4.74 Å². The van der Waals surface area contributed by atoms with E-state index in [2.05, 4.69) is 17.1 Å². The summed E-state index contributed by atoms with van der Waals surface area (Å²) in [6, 6.07) is 7.87. The molecule has 0 aliphatic carbocycles. The van der Waals surface area contributed by atoms with Crippen molar-refractivity contribution in [3.63, 3.8) is 0 Å². The van der Waals surface area contributed by atoms with Crippen LogP contribution < -0.4 is 11.1 Å². The highest BCUT2D eigenvalue weighted by molar-refractivity contribution is 6.30. The van der Waals surface area contributed by atoms with Crippen LogP contribution in [0.25, 0.3) is 0 Å². The summed E-state index contributed by atoms with van der Waals surface area (Å²) < 4.78 is 5.25. The third-order valence-corrected chi connectivity index (χ3v) is 3.91. The number of benzene rings is 1. The fraction of sp³-hybridized carbons (Fsp3) is 0.588. The molecule has 5 nitrogen and oxygen atoms in total. The number of halogens is 1. The lowest BCUT2D eigenvalue weighted by Crippen LogP contribution is -2.48. The minimum absolute atomic E-state index is 0.00324. The van der Waals surface area contributed by atoms with Crippen molar-refractivity contribution in [2.75, 3.05) is 20.1 Å². The van der Waals surface area contributed by atoms with Gasteiger partial charge in [-0.25, -0.2) is 4.79 Å². The van der Waals surface area contributed by atoms with Gasteiger partial charge >= 0.3 is 6.09 Å². The predicted octanol–water partition coefficient (Wildman–Crippen LogP) is 3.18. The molecule has 3 N–H and O–H groups in total. The molecule has 130 valence electrons. The first-order chi connectivity index (χ1) is 10.6. The Morgan fingerprint density at radius 1 is 1.43 bits per heavy atom. The maximum absolute atomic E-state index is 11.8. The van der Waals surface area contributed by atoms with Crippen LogP contribution in [0, 0.1) is 0 Å². The van der Waals surface area contributed by atoms with Gasteiger partial charge in [0, 0.05) is 30.2 Å². The number of nitrogens with one attached hydrogen (secondary N) is 1. The molecule has 1 aromatic carbocycles. The minimum Gasteiger partial charge on any atom is -0.444 e. The van der Waals surface area contributed by atoms with E-state index in [0.717, 1.165) is 5.56 Å². The lowest BCUT2D eigenvalue weighted by atomic mass is 10.1. The highest BCUT2D eigenvalue weighted by Crippen LogP contribution is 2.23. The third-order valence-electron chi connectivity index (χ3n) is 3.67. The molecule has 0 aromatic heterocycles. The van der Waals surface area contributed by atoms with E-state index >= 15 is 0 Å². The summed E-state index contributed by atoms with van der Waals surface area (Å²) in [5.74, 6) is 0. The largest absolute Gasteiger partial charge is 0.444 e. The second kappa shape index (κ2) is 8.52. The van der Waals surface area contributed by atoms with Crippen molar-refractivity contribution in [2.24, 2.45) is 5.73 Å². The molecule has 0 aliphatic rings. The first-order valence-corrected chi connectivity index (χ1v) is 8.16. The van der Waals surface area contributed by atoms with Gasteiger partial charge in [-0.1, -0.05) is 23.7 Å². The number of nitrogens with zero attached hydrogens (tertiary/aromatic N) is 1. The number of hydrogen-bond donors (Lipinski definition) is 2. The Bertz CT molecular complexity index is 517. The maximum Gasteiger partial charge on any atom is 0.407 e. The molecule has 1 rings (SSSR count). The number of amides is 1.